The van der Waals surface area contributed by atoms with Crippen LogP contribution in [0.5, 0.6) is 5.75 Å². The predicted molar refractivity (Wildman–Crippen MR) is 218 cm³/mol. The summed E-state index contributed by atoms with van der Waals surface area (Å²) in [6.45, 7) is 3.79. The third kappa shape index (κ3) is 11.6. The van der Waals surface area contributed by atoms with Crippen LogP contribution < -0.4 is 10.1 Å². The number of nitro groups is 1. The molecule has 4 rings (SSSR count). The maximum atomic E-state index is 15.4. The second-order valence-corrected chi connectivity index (χ2v) is 15.0. The van der Waals surface area contributed by atoms with Crippen LogP contribution in [0.25, 0.3) is 0 Å². The number of aliphatic hydroxyl groups is 1. The van der Waals surface area contributed by atoms with E-state index in [4.69, 9.17) is 28.4 Å². The van der Waals surface area contributed by atoms with E-state index >= 15 is 4.79 Å². The molecule has 1 unspecified atom stereocenters. The number of nitrogens with zero attached hydrogens (tertiary/aromatic N) is 2. The van der Waals surface area contributed by atoms with Crippen LogP contribution in [0.1, 0.15) is 45.7 Å². The summed E-state index contributed by atoms with van der Waals surface area (Å²) in [5, 5.41) is 27.0. The topological polar surface area (TPSA) is 236 Å². The Morgan fingerprint density at radius 3 is 1.75 bits per heavy atom. The number of carbonyl (C=O) groups is 6. The number of hydrogen-bond acceptors (Lipinski definition) is 17. The number of hydrogen-bond donors (Lipinski definition) is 2. The summed E-state index contributed by atoms with van der Waals surface area (Å²) < 4.78 is 31.2. The van der Waals surface area contributed by atoms with Gasteiger partial charge in [-0.05, 0) is 35.4 Å². The minimum Gasteiger partial charge on any atom is -0.497 e. The highest BCUT2D eigenvalue weighted by Crippen LogP contribution is 2.60. The molecule has 0 saturated heterocycles. The lowest BCUT2D eigenvalue weighted by Crippen LogP contribution is -2.60. The van der Waals surface area contributed by atoms with Crippen LogP contribution in [0, 0.1) is 16.0 Å². The summed E-state index contributed by atoms with van der Waals surface area (Å²) in [4.78, 5) is 94.3. The van der Waals surface area contributed by atoms with E-state index in [2.05, 4.69) is 5.32 Å². The van der Waals surface area contributed by atoms with Gasteiger partial charge < -0.3 is 43.7 Å². The van der Waals surface area contributed by atoms with Gasteiger partial charge in [-0.15, -0.1) is 0 Å². The first-order chi connectivity index (χ1) is 28.9. The van der Waals surface area contributed by atoms with Gasteiger partial charge in [0, 0.05) is 53.9 Å². The summed E-state index contributed by atoms with van der Waals surface area (Å²) in [5.41, 5.74) is 0.441. The maximum Gasteiger partial charge on any atom is 0.303 e. The molecule has 3 aromatic carbocycles. The molecule has 326 valence electrons. The minimum absolute atomic E-state index is 0.0694. The van der Waals surface area contributed by atoms with Crippen molar-refractivity contribution < 1.29 is 67.2 Å². The number of thioether (sulfide) groups is 1. The number of carbonyl (C=O) groups excluding carboxylic acids is 6. The number of aliphatic hydroxyl groups excluding tert-OH is 1. The van der Waals surface area contributed by atoms with Gasteiger partial charge in [-0.25, -0.2) is 0 Å². The van der Waals surface area contributed by atoms with Crippen molar-refractivity contribution in [1.29, 1.82) is 0 Å². The normalized spacial score (nSPS) is 18.3. The zero-order valence-corrected chi connectivity index (χ0v) is 35.2. The Morgan fingerprint density at radius 2 is 1.26 bits per heavy atom. The summed E-state index contributed by atoms with van der Waals surface area (Å²) in [5.74, 6) is -7.69. The van der Waals surface area contributed by atoms with Crippen LogP contribution in [0.4, 0.5) is 5.69 Å². The van der Waals surface area contributed by atoms with Gasteiger partial charge in [-0.3, -0.25) is 38.9 Å². The predicted octanol–water partition coefficient (Wildman–Crippen LogP) is 4.12. The molecular formula is C42H47N3O15S. The second kappa shape index (κ2) is 21.2. The Bertz CT molecular complexity index is 2100. The molecule has 0 bridgehead atoms. The van der Waals surface area contributed by atoms with E-state index in [9.17, 15) is 39.2 Å². The van der Waals surface area contributed by atoms with Crippen LogP contribution in [-0.2, 0) is 63.7 Å². The van der Waals surface area contributed by atoms with Crippen LogP contribution >= 0.6 is 11.8 Å². The Hall–Kier alpha value is -6.47. The van der Waals surface area contributed by atoms with Crippen LogP contribution in [-0.4, -0.2) is 102 Å². The third-order valence-electron chi connectivity index (χ3n) is 9.27. The van der Waals surface area contributed by atoms with E-state index in [1.165, 1.54) is 36.3 Å². The molecule has 1 heterocycles. The molecule has 19 heteroatoms. The van der Waals surface area contributed by atoms with Crippen LogP contribution in [0.2, 0.25) is 0 Å². The molecule has 7 atom stereocenters. The molecule has 0 spiro atoms. The molecule has 18 nitrogen and oxygen atoms in total. The van der Waals surface area contributed by atoms with Crippen molar-refractivity contribution in [3.05, 3.63) is 117 Å². The fourth-order valence-electron chi connectivity index (χ4n) is 7.03. The average molecular weight is 866 g/mol. The first-order valence-corrected chi connectivity index (χ1v) is 19.6. The van der Waals surface area contributed by atoms with Gasteiger partial charge in [0.15, 0.2) is 30.5 Å². The summed E-state index contributed by atoms with van der Waals surface area (Å²) in [6, 6.07) is 23.0. The first kappa shape index (κ1) is 47.2. The van der Waals surface area contributed by atoms with E-state index in [0.29, 0.717) is 5.75 Å². The number of ether oxygens (including phenoxy) is 6. The summed E-state index contributed by atoms with van der Waals surface area (Å²) in [6.07, 6.45) is -10.3. The molecular weight excluding hydrogens is 819 g/mol. The molecule has 0 fully saturated rings. The lowest BCUT2D eigenvalue weighted by molar-refractivity contribution is -0.438. The third-order valence-corrected chi connectivity index (χ3v) is 11.0. The van der Waals surface area contributed by atoms with Gasteiger partial charge in [-0.2, -0.15) is 0 Å². The molecule has 1 aliphatic rings. The van der Waals surface area contributed by atoms with Crippen molar-refractivity contribution in [2.24, 2.45) is 5.92 Å². The van der Waals surface area contributed by atoms with E-state index in [0.717, 1.165) is 51.9 Å². The van der Waals surface area contributed by atoms with Crippen molar-refractivity contribution in [2.75, 3.05) is 26.1 Å². The fraction of sp³-hybridized carbons (Fsp3) is 0.381. The van der Waals surface area contributed by atoms with E-state index in [-0.39, 0.29) is 22.8 Å². The van der Waals surface area contributed by atoms with Crippen molar-refractivity contribution >= 4 is 53.2 Å². The van der Waals surface area contributed by atoms with Gasteiger partial charge in [0.05, 0.1) is 18.6 Å². The number of esters is 5. The van der Waals surface area contributed by atoms with Gasteiger partial charge in [0.1, 0.15) is 21.4 Å². The van der Waals surface area contributed by atoms with E-state index in [1.807, 2.05) is 0 Å². The lowest BCUT2D eigenvalue weighted by atomic mass is 9.75. The lowest BCUT2D eigenvalue weighted by Gasteiger charge is -2.42. The van der Waals surface area contributed by atoms with Crippen LogP contribution in [0.3, 0.4) is 0 Å². The molecule has 1 aliphatic heterocycles. The highest BCUT2D eigenvalue weighted by molar-refractivity contribution is 8.04. The second-order valence-electron chi connectivity index (χ2n) is 13.8. The molecule has 2 N–H and O–H groups in total. The minimum atomic E-state index is -2.20. The van der Waals surface area contributed by atoms with Crippen LogP contribution in [0.15, 0.2) is 95.7 Å². The Kier molecular flexibility index (Phi) is 16.4. The van der Waals surface area contributed by atoms with Gasteiger partial charge in [-0.1, -0.05) is 72.4 Å². The molecule has 3 aromatic rings. The number of rotatable bonds is 19. The largest absolute Gasteiger partial charge is 0.497 e. The van der Waals surface area contributed by atoms with Crippen molar-refractivity contribution in [3.63, 3.8) is 0 Å². The molecule has 1 amide bonds. The molecule has 0 aromatic heterocycles. The zero-order valence-electron chi connectivity index (χ0n) is 34.4. The Balaban J connectivity index is 2.17. The van der Waals surface area contributed by atoms with Crippen molar-refractivity contribution in [3.8, 4) is 5.75 Å². The SMILES string of the molecule is COc1ccc(NC(=O)[C@@]2(c3ccccc3)SC(N(C)Cc3ccccc3)=C([N+](=O)[O-])[C@@H]2C(OC(C)=O)[C@@H](OC(C)=O)[C@@H](OC(C)=O)[C@H](OC(C)=O)[C@@H](CO)OC(C)=O)cc1. The highest BCUT2D eigenvalue weighted by Gasteiger charge is 2.67. The smallest absolute Gasteiger partial charge is 0.303 e. The number of amides is 1. The zero-order chi connectivity index (χ0) is 45.0. The number of anilines is 1. The summed E-state index contributed by atoms with van der Waals surface area (Å²) in [7, 11) is 3.01. The highest BCUT2D eigenvalue weighted by atomic mass is 32.2. The van der Waals surface area contributed by atoms with Crippen molar-refractivity contribution in [2.45, 2.75) is 76.4 Å². The Morgan fingerprint density at radius 1 is 0.754 bits per heavy atom. The standard InChI is InChI=1S/C42H47N3O15S/c1-24(47)56-33(23-46)36(57-25(2)48)38(59-27(4)50)39(60-28(5)51)37(58-26(3)49)34-35(45(53)54)40(44(6)22-29-14-10-8-11-15-29)61-42(34,30-16-12-9-13-17-30)41(52)43-31-18-20-32(55-7)21-19-31/h8-21,33-34,36-39,46H,22-23H2,1-7H3,(H,43,52)/t33-,34-,36-,37?,38+,39-,42+/m1/s1. The molecule has 0 saturated carbocycles. The molecule has 61 heavy (non-hydrogen) atoms. The van der Waals surface area contributed by atoms with Gasteiger partial charge in [0.2, 0.25) is 5.91 Å². The summed E-state index contributed by atoms with van der Waals surface area (Å²) >= 11 is 0.767. The molecule has 0 aliphatic carbocycles. The van der Waals surface area contributed by atoms with Gasteiger partial charge in [0.25, 0.3) is 5.70 Å². The number of benzene rings is 3. The Labute approximate surface area is 355 Å². The van der Waals surface area contributed by atoms with E-state index in [1.54, 1.807) is 67.7 Å². The maximum absolute atomic E-state index is 15.4. The number of methoxy groups -OCH3 is 1. The monoisotopic (exact) mass is 865 g/mol. The van der Waals surface area contributed by atoms with Crippen molar-refractivity contribution in [1.82, 2.24) is 4.90 Å². The fourth-order valence-corrected chi connectivity index (χ4v) is 8.63. The molecule has 0 radical (unpaired) electrons. The quantitative estimate of drug-likeness (QED) is 0.0746. The first-order valence-electron chi connectivity index (χ1n) is 18.7. The number of nitrogens with one attached hydrogen (secondary N) is 1. The van der Waals surface area contributed by atoms with Gasteiger partial charge >= 0.3 is 29.8 Å². The average Bonchev–Trinajstić information content (AvgIpc) is 3.58. The van der Waals surface area contributed by atoms with E-state index < -0.39 is 94.2 Å².